The first-order valence-electron chi connectivity index (χ1n) is 9.21. The van der Waals surface area contributed by atoms with Crippen LogP contribution in [0.3, 0.4) is 0 Å². The lowest BCUT2D eigenvalue weighted by Crippen LogP contribution is -2.16. The average molecular weight is 486 g/mol. The molecule has 4 nitrogen and oxygen atoms in total. The van der Waals surface area contributed by atoms with Crippen molar-refractivity contribution in [3.63, 3.8) is 0 Å². The zero-order valence-electron chi connectivity index (χ0n) is 15.9. The van der Waals surface area contributed by atoms with Gasteiger partial charge in [0, 0.05) is 21.7 Å². The number of aromatic nitrogens is 2. The Morgan fingerprint density at radius 2 is 1.61 bits per heavy atom. The molecular formula is C23H15BrF3N3O. The molecule has 4 rings (SSSR count). The summed E-state index contributed by atoms with van der Waals surface area (Å²) < 4.78 is 41.5. The summed E-state index contributed by atoms with van der Waals surface area (Å²) in [6.45, 7) is 0. The van der Waals surface area contributed by atoms with Crippen LogP contribution in [0.1, 0.15) is 15.9 Å². The summed E-state index contributed by atoms with van der Waals surface area (Å²) in [5.74, 6) is -0.326. The summed E-state index contributed by atoms with van der Waals surface area (Å²) in [5, 5.41) is 7.28. The molecule has 0 fully saturated rings. The van der Waals surface area contributed by atoms with Crippen molar-refractivity contribution >= 4 is 27.7 Å². The Kier molecular flexibility index (Phi) is 5.65. The molecule has 1 N–H and O–H groups in total. The molecule has 156 valence electrons. The molecule has 0 saturated heterocycles. The molecule has 1 heterocycles. The van der Waals surface area contributed by atoms with Crippen molar-refractivity contribution in [3.05, 3.63) is 101 Å². The Morgan fingerprint density at radius 3 is 2.29 bits per heavy atom. The molecule has 0 atom stereocenters. The highest BCUT2D eigenvalue weighted by Gasteiger charge is 2.31. The van der Waals surface area contributed by atoms with Crippen molar-refractivity contribution in [2.24, 2.45) is 0 Å². The first-order chi connectivity index (χ1) is 14.8. The summed E-state index contributed by atoms with van der Waals surface area (Å²) in [7, 11) is 0. The van der Waals surface area contributed by atoms with Crippen LogP contribution < -0.4 is 5.32 Å². The van der Waals surface area contributed by atoms with E-state index >= 15 is 0 Å². The van der Waals surface area contributed by atoms with E-state index in [4.69, 9.17) is 0 Å². The molecule has 8 heteroatoms. The molecule has 0 aliphatic carbocycles. The van der Waals surface area contributed by atoms with Crippen LogP contribution in [0.25, 0.3) is 16.9 Å². The highest BCUT2D eigenvalue weighted by Crippen LogP contribution is 2.30. The van der Waals surface area contributed by atoms with Crippen LogP contribution in [0.5, 0.6) is 0 Å². The van der Waals surface area contributed by atoms with E-state index in [1.54, 1.807) is 10.7 Å². The Balaban J connectivity index is 1.72. The number of anilines is 1. The van der Waals surface area contributed by atoms with Gasteiger partial charge < -0.3 is 5.32 Å². The van der Waals surface area contributed by atoms with E-state index in [9.17, 15) is 18.0 Å². The van der Waals surface area contributed by atoms with Gasteiger partial charge in [0.15, 0.2) is 0 Å². The van der Waals surface area contributed by atoms with Gasteiger partial charge in [0.2, 0.25) is 0 Å². The second kappa shape index (κ2) is 8.39. The van der Waals surface area contributed by atoms with Crippen molar-refractivity contribution in [2.75, 3.05) is 5.32 Å². The molecular weight excluding hydrogens is 471 g/mol. The van der Waals surface area contributed by atoms with E-state index in [-0.39, 0.29) is 5.56 Å². The molecule has 0 aliphatic heterocycles. The van der Waals surface area contributed by atoms with Crippen LogP contribution in [0, 0.1) is 0 Å². The predicted molar refractivity (Wildman–Crippen MR) is 116 cm³/mol. The number of alkyl halides is 3. The maximum atomic E-state index is 13.0. The second-order valence-corrected chi connectivity index (χ2v) is 7.62. The molecule has 0 spiro atoms. The molecule has 0 saturated carbocycles. The van der Waals surface area contributed by atoms with Gasteiger partial charge in [-0.05, 0) is 42.5 Å². The maximum absolute atomic E-state index is 13.0. The van der Waals surface area contributed by atoms with Gasteiger partial charge in [0.05, 0.1) is 16.9 Å². The molecule has 1 amide bonds. The van der Waals surface area contributed by atoms with Gasteiger partial charge >= 0.3 is 6.18 Å². The van der Waals surface area contributed by atoms with E-state index in [1.807, 2.05) is 54.6 Å². The SMILES string of the molecule is O=C(Nc1cc(-c2ccccc2)nn1-c1ccc(Br)cc1)c1cccc(C(F)(F)F)c1. The summed E-state index contributed by atoms with van der Waals surface area (Å²) in [6.07, 6.45) is -4.53. The zero-order chi connectivity index (χ0) is 22.0. The monoisotopic (exact) mass is 485 g/mol. The molecule has 0 radical (unpaired) electrons. The molecule has 0 bridgehead atoms. The third-order valence-electron chi connectivity index (χ3n) is 4.54. The van der Waals surface area contributed by atoms with Crippen LogP contribution in [-0.4, -0.2) is 15.7 Å². The topological polar surface area (TPSA) is 46.9 Å². The summed E-state index contributed by atoms with van der Waals surface area (Å²) in [6, 6.07) is 22.6. The molecule has 4 aromatic rings. The highest BCUT2D eigenvalue weighted by molar-refractivity contribution is 9.10. The normalized spacial score (nSPS) is 11.4. The van der Waals surface area contributed by atoms with Crippen LogP contribution in [0.4, 0.5) is 19.0 Å². The molecule has 0 unspecified atom stereocenters. The van der Waals surface area contributed by atoms with Crippen LogP contribution in [0.15, 0.2) is 89.4 Å². The molecule has 31 heavy (non-hydrogen) atoms. The fraction of sp³-hybridized carbons (Fsp3) is 0.0435. The standard InChI is InChI=1S/C23H15BrF3N3O/c24-18-9-11-19(12-10-18)30-21(14-20(29-30)15-5-2-1-3-6-15)28-22(31)16-7-4-8-17(13-16)23(25,26)27/h1-14H,(H,28,31). The number of benzene rings is 3. The van der Waals surface area contributed by atoms with E-state index < -0.39 is 17.6 Å². The lowest BCUT2D eigenvalue weighted by Gasteiger charge is -2.11. The quantitative estimate of drug-likeness (QED) is 0.355. The zero-order valence-corrected chi connectivity index (χ0v) is 17.5. The lowest BCUT2D eigenvalue weighted by atomic mass is 10.1. The Morgan fingerprint density at radius 1 is 0.903 bits per heavy atom. The summed E-state index contributed by atoms with van der Waals surface area (Å²) in [4.78, 5) is 12.7. The van der Waals surface area contributed by atoms with E-state index in [0.717, 1.165) is 22.2 Å². The van der Waals surface area contributed by atoms with Crippen molar-refractivity contribution in [2.45, 2.75) is 6.18 Å². The fourth-order valence-electron chi connectivity index (χ4n) is 3.02. The first-order valence-corrected chi connectivity index (χ1v) is 10.0. The van der Waals surface area contributed by atoms with Gasteiger partial charge in [-0.2, -0.15) is 18.3 Å². The number of nitrogens with zero attached hydrogens (tertiary/aromatic N) is 2. The highest BCUT2D eigenvalue weighted by atomic mass is 79.9. The average Bonchev–Trinajstić information content (AvgIpc) is 3.18. The van der Waals surface area contributed by atoms with E-state index in [0.29, 0.717) is 17.2 Å². The number of amides is 1. The number of hydrogen-bond donors (Lipinski definition) is 1. The van der Waals surface area contributed by atoms with Gasteiger partial charge in [-0.3, -0.25) is 4.79 Å². The molecule has 0 aliphatic rings. The minimum atomic E-state index is -4.53. The second-order valence-electron chi connectivity index (χ2n) is 6.70. The minimum Gasteiger partial charge on any atom is -0.306 e. The molecule has 3 aromatic carbocycles. The van der Waals surface area contributed by atoms with E-state index in [1.165, 1.54) is 12.1 Å². The van der Waals surface area contributed by atoms with Gasteiger partial charge in [-0.1, -0.05) is 52.3 Å². The Hall–Kier alpha value is -3.39. The number of rotatable bonds is 4. The lowest BCUT2D eigenvalue weighted by molar-refractivity contribution is -0.137. The van der Waals surface area contributed by atoms with Crippen LogP contribution in [-0.2, 0) is 6.18 Å². The van der Waals surface area contributed by atoms with Crippen molar-refractivity contribution in [1.29, 1.82) is 0 Å². The minimum absolute atomic E-state index is 0.0976. The van der Waals surface area contributed by atoms with Crippen LogP contribution in [0.2, 0.25) is 0 Å². The smallest absolute Gasteiger partial charge is 0.306 e. The fourth-order valence-corrected chi connectivity index (χ4v) is 3.29. The van der Waals surface area contributed by atoms with Crippen molar-refractivity contribution in [3.8, 4) is 16.9 Å². The number of halogens is 4. The third kappa shape index (κ3) is 4.69. The third-order valence-corrected chi connectivity index (χ3v) is 5.07. The Labute approximate surface area is 184 Å². The number of nitrogens with one attached hydrogen (secondary N) is 1. The van der Waals surface area contributed by atoms with Crippen LogP contribution >= 0.6 is 15.9 Å². The van der Waals surface area contributed by atoms with Gasteiger partial charge in [0.25, 0.3) is 5.91 Å². The summed E-state index contributed by atoms with van der Waals surface area (Å²) in [5.41, 5.74) is 1.16. The Bertz CT molecular complexity index is 1220. The number of carbonyl (C=O) groups is 1. The molecule has 1 aromatic heterocycles. The van der Waals surface area contributed by atoms with Gasteiger partial charge in [-0.25, -0.2) is 4.68 Å². The van der Waals surface area contributed by atoms with E-state index in [2.05, 4.69) is 26.3 Å². The number of carbonyl (C=O) groups excluding carboxylic acids is 1. The predicted octanol–water partition coefficient (Wildman–Crippen LogP) is 6.57. The summed E-state index contributed by atoms with van der Waals surface area (Å²) >= 11 is 3.38. The van der Waals surface area contributed by atoms with Gasteiger partial charge in [0.1, 0.15) is 5.82 Å². The largest absolute Gasteiger partial charge is 0.416 e. The van der Waals surface area contributed by atoms with Crippen molar-refractivity contribution < 1.29 is 18.0 Å². The maximum Gasteiger partial charge on any atom is 0.416 e. The van der Waals surface area contributed by atoms with Gasteiger partial charge in [-0.15, -0.1) is 0 Å². The first kappa shape index (κ1) is 20.9. The van der Waals surface area contributed by atoms with Crippen molar-refractivity contribution in [1.82, 2.24) is 9.78 Å². The number of hydrogen-bond acceptors (Lipinski definition) is 2.